The van der Waals surface area contributed by atoms with Crippen LogP contribution in [0, 0.1) is 5.92 Å². The first kappa shape index (κ1) is 11.1. The molecule has 0 bridgehead atoms. The van der Waals surface area contributed by atoms with E-state index in [1.807, 2.05) is 18.2 Å². The van der Waals surface area contributed by atoms with Crippen molar-refractivity contribution < 1.29 is 10.2 Å². The third-order valence-corrected chi connectivity index (χ3v) is 5.08. The fraction of sp³-hybridized carbons (Fsp3) is 0.684. The Kier molecular flexibility index (Phi) is 3.77. The molecule has 21 heavy (non-hydrogen) atoms. The lowest BCUT2D eigenvalue weighted by atomic mass is 9.74. The van der Waals surface area contributed by atoms with Crippen LogP contribution in [0.2, 0.25) is 5.02 Å². The predicted molar refractivity (Wildman–Crippen MR) is 88.7 cm³/mol. The number of rotatable bonds is 2. The molecule has 1 saturated carbocycles. The van der Waals surface area contributed by atoms with Crippen molar-refractivity contribution in [3.05, 3.63) is 34.9 Å². The molecule has 0 amide bonds. The Morgan fingerprint density at radius 3 is 2.57 bits per heavy atom. The van der Waals surface area contributed by atoms with Gasteiger partial charge in [0.05, 0.1) is 5.60 Å². The molecule has 0 radical (unpaired) electrons. The molecule has 1 aromatic carbocycles. The molecule has 1 aromatic rings. The Hall–Kier alpha value is -0.530. The van der Waals surface area contributed by atoms with Gasteiger partial charge in [-0.05, 0) is 37.6 Å². The molecular weight excluding hydrogens is 280 g/mol. The zero-order valence-corrected chi connectivity index (χ0v) is 13.3. The van der Waals surface area contributed by atoms with Crippen LogP contribution in [-0.4, -0.2) is 6.61 Å². The van der Waals surface area contributed by atoms with Gasteiger partial charge >= 0.3 is 0 Å². The smallest absolute Gasteiger partial charge is 0.0973 e. The lowest BCUT2D eigenvalue weighted by Gasteiger charge is -2.41. The van der Waals surface area contributed by atoms with Crippen molar-refractivity contribution in [1.29, 1.82) is 0 Å². The second-order valence-corrected chi connectivity index (χ2v) is 6.56. The third-order valence-electron chi connectivity index (χ3n) is 4.75. The van der Waals surface area contributed by atoms with Crippen LogP contribution in [0.5, 0.6) is 0 Å². The highest BCUT2D eigenvalue weighted by Crippen LogP contribution is 2.48. The average molecular weight is 311 g/mol. The van der Waals surface area contributed by atoms with Gasteiger partial charge in [-0.25, -0.2) is 0 Å². The summed E-state index contributed by atoms with van der Waals surface area (Å²) in [6, 6.07) is 7.26. The van der Waals surface area contributed by atoms with Gasteiger partial charge in [-0.1, -0.05) is 68.3 Å². The molecule has 116 valence electrons. The van der Waals surface area contributed by atoms with Gasteiger partial charge in [0.2, 0.25) is 0 Å². The van der Waals surface area contributed by atoms with Crippen molar-refractivity contribution in [2.75, 3.05) is 6.61 Å². The van der Waals surface area contributed by atoms with E-state index in [0.29, 0.717) is 23.6 Å². The average Bonchev–Trinajstić information content (AvgIpc) is 2.88. The Bertz CT molecular complexity index is 599. The highest BCUT2D eigenvalue weighted by Gasteiger charge is 2.42. The van der Waals surface area contributed by atoms with E-state index in [-0.39, 0.29) is 12.3 Å². The molecule has 1 aliphatic heterocycles. The number of halogens is 1. The van der Waals surface area contributed by atoms with Crippen LogP contribution in [0.3, 0.4) is 0 Å². The van der Waals surface area contributed by atoms with Crippen LogP contribution in [0.15, 0.2) is 24.3 Å². The van der Waals surface area contributed by atoms with Crippen molar-refractivity contribution in [2.45, 2.75) is 69.7 Å². The fourth-order valence-corrected chi connectivity index (χ4v) is 3.93. The van der Waals surface area contributed by atoms with Crippen LogP contribution in [-0.2, 0) is 10.3 Å². The van der Waals surface area contributed by atoms with Crippen LogP contribution in [0.4, 0.5) is 0 Å². The molecule has 1 heterocycles. The van der Waals surface area contributed by atoms with Gasteiger partial charge in [-0.15, -0.1) is 0 Å². The van der Waals surface area contributed by atoms with Crippen LogP contribution >= 0.6 is 11.6 Å². The van der Waals surface area contributed by atoms with Gasteiger partial charge in [-0.3, -0.25) is 0 Å². The summed E-state index contributed by atoms with van der Waals surface area (Å²) in [6.45, 7) is 0.362. The van der Waals surface area contributed by atoms with Gasteiger partial charge in [-0.2, -0.15) is 0 Å². The monoisotopic (exact) mass is 310 g/mol. The SMILES string of the molecule is [2H]C1([2H])CCCOC(c2ccccc2Cl)(C2CCCCCC2)C1([2H])[2H]. The number of hydrogen-bond donors (Lipinski definition) is 0. The quantitative estimate of drug-likeness (QED) is 0.600. The molecule has 1 unspecified atom stereocenters. The second kappa shape index (κ2) is 7.15. The number of ether oxygens (including phenoxy) is 1. The molecule has 1 nitrogen and oxygen atoms in total. The zero-order chi connectivity index (χ0) is 18.1. The van der Waals surface area contributed by atoms with Gasteiger partial charge in [0, 0.05) is 22.7 Å². The van der Waals surface area contributed by atoms with E-state index in [0.717, 1.165) is 38.5 Å². The van der Waals surface area contributed by atoms with E-state index in [9.17, 15) is 0 Å². The summed E-state index contributed by atoms with van der Waals surface area (Å²) in [5.41, 5.74) is -0.727. The topological polar surface area (TPSA) is 9.23 Å². The maximum absolute atomic E-state index is 8.92. The molecule has 1 aliphatic carbocycles. The molecule has 1 saturated heterocycles. The largest absolute Gasteiger partial charge is 0.370 e. The number of benzene rings is 1. The minimum Gasteiger partial charge on any atom is -0.370 e. The van der Waals surface area contributed by atoms with E-state index >= 15 is 0 Å². The van der Waals surface area contributed by atoms with Crippen molar-refractivity contribution in [3.8, 4) is 0 Å². The third kappa shape index (κ3) is 3.29. The second-order valence-electron chi connectivity index (χ2n) is 6.16. The van der Waals surface area contributed by atoms with E-state index in [1.54, 1.807) is 6.07 Å². The highest BCUT2D eigenvalue weighted by molar-refractivity contribution is 6.31. The van der Waals surface area contributed by atoms with Crippen molar-refractivity contribution >= 4 is 11.6 Å². The molecule has 0 spiro atoms. The molecular formula is C19H27ClO. The molecule has 2 fully saturated rings. The normalized spacial score (nSPS) is 36.4. The van der Waals surface area contributed by atoms with Crippen molar-refractivity contribution in [2.24, 2.45) is 5.92 Å². The van der Waals surface area contributed by atoms with E-state index < -0.39 is 18.3 Å². The Balaban J connectivity index is 2.22. The minimum absolute atomic E-state index is 0.0712. The molecule has 2 heteroatoms. The molecule has 2 aliphatic rings. The summed E-state index contributed by atoms with van der Waals surface area (Å²) in [5, 5.41) is 0.466. The summed E-state index contributed by atoms with van der Waals surface area (Å²) < 4.78 is 41.1. The van der Waals surface area contributed by atoms with Gasteiger partial charge in [0.1, 0.15) is 0 Å². The maximum Gasteiger partial charge on any atom is 0.0973 e. The first-order valence-corrected chi connectivity index (χ1v) is 8.60. The lowest BCUT2D eigenvalue weighted by molar-refractivity contribution is -0.0962. The lowest BCUT2D eigenvalue weighted by Crippen LogP contribution is -2.38. The maximum atomic E-state index is 8.92. The van der Waals surface area contributed by atoms with Crippen LogP contribution in [0.1, 0.15) is 75.2 Å². The van der Waals surface area contributed by atoms with Crippen LogP contribution in [0.25, 0.3) is 0 Å². The van der Waals surface area contributed by atoms with Crippen molar-refractivity contribution in [1.82, 2.24) is 0 Å². The number of hydrogen-bond acceptors (Lipinski definition) is 1. The summed E-state index contributed by atoms with van der Waals surface area (Å²) in [4.78, 5) is 0. The summed E-state index contributed by atoms with van der Waals surface area (Å²) in [5.74, 6) is -0.0712. The van der Waals surface area contributed by atoms with Gasteiger partial charge in [0.25, 0.3) is 0 Å². The Morgan fingerprint density at radius 2 is 1.81 bits per heavy atom. The van der Waals surface area contributed by atoms with E-state index in [1.165, 1.54) is 0 Å². The minimum atomic E-state index is -2.16. The first-order valence-electron chi connectivity index (χ1n) is 10.2. The molecule has 0 aromatic heterocycles. The molecule has 0 N–H and O–H groups in total. The molecule has 3 rings (SSSR count). The zero-order valence-electron chi connectivity index (χ0n) is 16.5. The van der Waals surface area contributed by atoms with Crippen LogP contribution < -0.4 is 0 Å². The highest BCUT2D eigenvalue weighted by atomic mass is 35.5. The predicted octanol–water partition coefficient (Wildman–Crippen LogP) is 6.10. The standard InChI is InChI=1S/C19H27ClO/c20-18-13-7-6-12-17(18)19(14-8-3-9-15-21-19)16-10-4-1-2-5-11-16/h6-7,12-13,16H,1-5,8-11,14-15H2/i8D2,14D2. The van der Waals surface area contributed by atoms with E-state index in [4.69, 9.17) is 21.8 Å². The summed E-state index contributed by atoms with van der Waals surface area (Å²) >= 11 is 6.51. The van der Waals surface area contributed by atoms with Gasteiger partial charge < -0.3 is 4.74 Å². The summed E-state index contributed by atoms with van der Waals surface area (Å²) in [6.07, 6.45) is 2.60. The van der Waals surface area contributed by atoms with Gasteiger partial charge in [0.15, 0.2) is 0 Å². The fourth-order valence-electron chi connectivity index (χ4n) is 3.66. The Morgan fingerprint density at radius 1 is 1.05 bits per heavy atom. The Labute approximate surface area is 139 Å². The van der Waals surface area contributed by atoms with Crippen molar-refractivity contribution in [3.63, 3.8) is 0 Å². The first-order chi connectivity index (χ1) is 11.8. The van der Waals surface area contributed by atoms with E-state index in [2.05, 4.69) is 0 Å². The summed E-state index contributed by atoms with van der Waals surface area (Å²) in [7, 11) is 0. The molecule has 1 atom stereocenters.